The molecule has 1 saturated carbocycles. The summed E-state index contributed by atoms with van der Waals surface area (Å²) >= 11 is 0. The van der Waals surface area contributed by atoms with Crippen LogP contribution in [0.5, 0.6) is 0 Å². The number of anilines is 1. The molecule has 0 radical (unpaired) electrons. The topological polar surface area (TPSA) is 105 Å². The Labute approximate surface area is 106 Å². The van der Waals surface area contributed by atoms with Crippen LogP contribution >= 0.6 is 0 Å². The summed E-state index contributed by atoms with van der Waals surface area (Å²) in [6, 6.07) is 2.78. The summed E-state index contributed by atoms with van der Waals surface area (Å²) in [5.41, 5.74) is 5.42. The van der Waals surface area contributed by atoms with Gasteiger partial charge in [0.15, 0.2) is 0 Å². The minimum atomic E-state index is -3.54. The van der Waals surface area contributed by atoms with Crippen molar-refractivity contribution in [3.63, 3.8) is 0 Å². The number of aromatic nitrogens is 1. The van der Waals surface area contributed by atoms with E-state index in [2.05, 4.69) is 9.71 Å². The molecule has 1 aliphatic rings. The molecule has 0 saturated heterocycles. The normalized spacial score (nSPS) is 24.9. The summed E-state index contributed by atoms with van der Waals surface area (Å²) in [4.78, 5) is 3.88. The zero-order chi connectivity index (χ0) is 13.2. The molecule has 0 aromatic carbocycles. The fourth-order valence-electron chi connectivity index (χ4n) is 2.03. The summed E-state index contributed by atoms with van der Waals surface area (Å²) in [5, 5.41) is 9.37. The quantitative estimate of drug-likeness (QED) is 0.730. The summed E-state index contributed by atoms with van der Waals surface area (Å²) < 4.78 is 26.7. The summed E-state index contributed by atoms with van der Waals surface area (Å²) in [6.07, 6.45) is 3.52. The van der Waals surface area contributed by atoms with Crippen molar-refractivity contribution in [3.8, 4) is 0 Å². The van der Waals surface area contributed by atoms with Crippen LogP contribution in [-0.4, -0.2) is 30.7 Å². The number of pyridine rings is 1. The van der Waals surface area contributed by atoms with Crippen LogP contribution in [0.1, 0.15) is 25.7 Å². The van der Waals surface area contributed by atoms with E-state index in [0.29, 0.717) is 25.7 Å². The highest BCUT2D eigenvalue weighted by Gasteiger charge is 2.24. The van der Waals surface area contributed by atoms with Crippen LogP contribution in [0.4, 0.5) is 5.82 Å². The molecule has 1 fully saturated rings. The van der Waals surface area contributed by atoms with Gasteiger partial charge in [-0.1, -0.05) is 0 Å². The first-order valence-electron chi connectivity index (χ1n) is 5.89. The Bertz CT molecular complexity index is 493. The highest BCUT2D eigenvalue weighted by Crippen LogP contribution is 2.20. The van der Waals surface area contributed by atoms with Gasteiger partial charge in [0.2, 0.25) is 10.0 Å². The van der Waals surface area contributed by atoms with Gasteiger partial charge in [0.25, 0.3) is 0 Å². The minimum absolute atomic E-state index is 0.114. The zero-order valence-corrected chi connectivity index (χ0v) is 10.7. The van der Waals surface area contributed by atoms with Crippen LogP contribution in [0.15, 0.2) is 23.2 Å². The van der Waals surface area contributed by atoms with Crippen molar-refractivity contribution in [1.29, 1.82) is 0 Å². The lowest BCUT2D eigenvalue weighted by Crippen LogP contribution is -2.38. The number of rotatable bonds is 3. The van der Waals surface area contributed by atoms with Crippen LogP contribution in [0.2, 0.25) is 0 Å². The van der Waals surface area contributed by atoms with Crippen LogP contribution in [0.25, 0.3) is 0 Å². The van der Waals surface area contributed by atoms with Gasteiger partial charge in [0.05, 0.1) is 6.10 Å². The molecule has 0 amide bonds. The van der Waals surface area contributed by atoms with Crippen molar-refractivity contribution in [2.45, 2.75) is 42.7 Å². The van der Waals surface area contributed by atoms with Crippen molar-refractivity contribution >= 4 is 15.8 Å². The molecule has 7 heteroatoms. The van der Waals surface area contributed by atoms with E-state index in [0.717, 1.165) is 0 Å². The number of hydrogen-bond donors (Lipinski definition) is 3. The molecule has 1 aliphatic carbocycles. The fraction of sp³-hybridized carbons (Fsp3) is 0.545. The van der Waals surface area contributed by atoms with E-state index in [1.54, 1.807) is 0 Å². The maximum Gasteiger partial charge on any atom is 0.242 e. The lowest BCUT2D eigenvalue weighted by molar-refractivity contribution is 0.120. The molecule has 18 heavy (non-hydrogen) atoms. The Kier molecular flexibility index (Phi) is 3.84. The molecule has 6 nitrogen and oxygen atoms in total. The van der Waals surface area contributed by atoms with E-state index >= 15 is 0 Å². The number of aliphatic hydroxyl groups is 1. The lowest BCUT2D eigenvalue weighted by atomic mass is 9.94. The monoisotopic (exact) mass is 271 g/mol. The summed E-state index contributed by atoms with van der Waals surface area (Å²) in [6.45, 7) is 0. The van der Waals surface area contributed by atoms with Gasteiger partial charge in [-0.05, 0) is 37.8 Å². The zero-order valence-electron chi connectivity index (χ0n) is 9.91. The van der Waals surface area contributed by atoms with Crippen molar-refractivity contribution in [2.24, 2.45) is 0 Å². The number of nitrogen functional groups attached to an aromatic ring is 1. The summed E-state index contributed by atoms with van der Waals surface area (Å²) in [7, 11) is -3.54. The molecule has 1 heterocycles. The number of hydrogen-bond acceptors (Lipinski definition) is 5. The van der Waals surface area contributed by atoms with Crippen LogP contribution in [-0.2, 0) is 10.0 Å². The van der Waals surface area contributed by atoms with E-state index in [1.807, 2.05) is 0 Å². The predicted octanol–water partition coefficient (Wildman–Crippen LogP) is 0.246. The Hall–Kier alpha value is -1.18. The molecule has 0 spiro atoms. The van der Waals surface area contributed by atoms with Gasteiger partial charge >= 0.3 is 0 Å². The number of sulfonamides is 1. The van der Waals surface area contributed by atoms with Crippen molar-refractivity contribution in [1.82, 2.24) is 9.71 Å². The maximum absolute atomic E-state index is 12.0. The highest BCUT2D eigenvalue weighted by molar-refractivity contribution is 7.89. The molecule has 0 bridgehead atoms. The van der Waals surface area contributed by atoms with Gasteiger partial charge in [0.1, 0.15) is 10.7 Å². The second-order valence-electron chi connectivity index (χ2n) is 4.55. The van der Waals surface area contributed by atoms with Gasteiger partial charge in [-0.25, -0.2) is 18.1 Å². The SMILES string of the molecule is Nc1ccc(S(=O)(=O)NC2CCC(O)CC2)cn1. The lowest BCUT2D eigenvalue weighted by Gasteiger charge is -2.25. The van der Waals surface area contributed by atoms with Crippen molar-refractivity contribution in [2.75, 3.05) is 5.73 Å². The van der Waals surface area contributed by atoms with Crippen LogP contribution in [0.3, 0.4) is 0 Å². The smallest absolute Gasteiger partial charge is 0.242 e. The Morgan fingerprint density at radius 2 is 1.94 bits per heavy atom. The molecule has 4 N–H and O–H groups in total. The number of nitrogens with two attached hydrogens (primary N) is 1. The molecule has 0 atom stereocenters. The fourth-order valence-corrected chi connectivity index (χ4v) is 3.28. The molecule has 1 aromatic rings. The van der Waals surface area contributed by atoms with Gasteiger partial charge < -0.3 is 10.8 Å². The number of nitrogens with one attached hydrogen (secondary N) is 1. The predicted molar refractivity (Wildman–Crippen MR) is 67.2 cm³/mol. The maximum atomic E-state index is 12.0. The number of nitrogens with zero attached hydrogens (tertiary/aromatic N) is 1. The molecule has 100 valence electrons. The van der Waals surface area contributed by atoms with E-state index in [-0.39, 0.29) is 22.9 Å². The molecule has 0 aliphatic heterocycles. The second-order valence-corrected chi connectivity index (χ2v) is 6.26. The third-order valence-corrected chi connectivity index (χ3v) is 4.59. The highest BCUT2D eigenvalue weighted by atomic mass is 32.2. The average Bonchev–Trinajstić information content (AvgIpc) is 2.32. The van der Waals surface area contributed by atoms with E-state index in [1.165, 1.54) is 18.3 Å². The first-order chi connectivity index (χ1) is 8.47. The van der Waals surface area contributed by atoms with Crippen molar-refractivity contribution in [3.05, 3.63) is 18.3 Å². The molecular formula is C11H17N3O3S. The average molecular weight is 271 g/mol. The third-order valence-electron chi connectivity index (χ3n) is 3.09. The Morgan fingerprint density at radius 1 is 1.28 bits per heavy atom. The first-order valence-corrected chi connectivity index (χ1v) is 7.37. The Balaban J connectivity index is 2.05. The second kappa shape index (κ2) is 5.21. The largest absolute Gasteiger partial charge is 0.393 e. The molecule has 1 aromatic heterocycles. The first kappa shape index (κ1) is 13.3. The molecule has 0 unspecified atom stereocenters. The third kappa shape index (κ3) is 3.18. The van der Waals surface area contributed by atoms with Gasteiger partial charge in [0, 0.05) is 12.2 Å². The molecule has 2 rings (SSSR count). The van der Waals surface area contributed by atoms with Gasteiger partial charge in [-0.15, -0.1) is 0 Å². The molecular weight excluding hydrogens is 254 g/mol. The standard InChI is InChI=1S/C11H17N3O3S/c12-11-6-5-10(7-13-11)18(16,17)14-8-1-3-9(15)4-2-8/h5-9,14-15H,1-4H2,(H2,12,13). The minimum Gasteiger partial charge on any atom is -0.393 e. The Morgan fingerprint density at radius 3 is 2.50 bits per heavy atom. The van der Waals surface area contributed by atoms with E-state index < -0.39 is 10.0 Å². The van der Waals surface area contributed by atoms with Gasteiger partial charge in [-0.2, -0.15) is 0 Å². The van der Waals surface area contributed by atoms with E-state index in [4.69, 9.17) is 5.73 Å². The van der Waals surface area contributed by atoms with Crippen LogP contribution < -0.4 is 10.5 Å². The van der Waals surface area contributed by atoms with Crippen molar-refractivity contribution < 1.29 is 13.5 Å². The summed E-state index contributed by atoms with van der Waals surface area (Å²) in [5.74, 6) is 0.287. The number of aliphatic hydroxyl groups excluding tert-OH is 1. The van der Waals surface area contributed by atoms with Crippen LogP contribution in [0, 0.1) is 0 Å². The van der Waals surface area contributed by atoms with Gasteiger partial charge in [-0.3, -0.25) is 0 Å². The van der Waals surface area contributed by atoms with E-state index in [9.17, 15) is 13.5 Å².